The molecular weight excluding hydrogens is 356 g/mol. The predicted molar refractivity (Wildman–Crippen MR) is 111 cm³/mol. The molecule has 1 atom stereocenters. The Labute approximate surface area is 166 Å². The highest BCUT2D eigenvalue weighted by Gasteiger charge is 2.25. The van der Waals surface area contributed by atoms with Gasteiger partial charge in [-0.2, -0.15) is 0 Å². The van der Waals surface area contributed by atoms with Crippen molar-refractivity contribution in [2.45, 2.75) is 62.8 Å². The Hall–Kier alpha value is -1.82. The fraction of sp³-hybridized carbons (Fsp3) is 0.571. The minimum atomic E-state index is -0.151. The molecule has 0 N–H and O–H groups in total. The van der Waals surface area contributed by atoms with E-state index in [0.717, 1.165) is 42.5 Å². The topological polar surface area (TPSA) is 51.0 Å². The SMILES string of the molecule is C[C@H](Sc1nnc(-c2ccc(C(C)(C)C)cc2)n1C)C(=O)N1CCCCC1. The lowest BCUT2D eigenvalue weighted by molar-refractivity contribution is -0.131. The maximum absolute atomic E-state index is 12.7. The van der Waals surface area contributed by atoms with Crippen LogP contribution in [0.1, 0.15) is 52.5 Å². The van der Waals surface area contributed by atoms with E-state index in [1.54, 1.807) is 0 Å². The van der Waals surface area contributed by atoms with Gasteiger partial charge in [-0.05, 0) is 37.2 Å². The highest BCUT2D eigenvalue weighted by molar-refractivity contribution is 8.00. The van der Waals surface area contributed by atoms with Gasteiger partial charge in [-0.15, -0.1) is 10.2 Å². The molecule has 0 radical (unpaired) electrons. The van der Waals surface area contributed by atoms with Gasteiger partial charge in [0.25, 0.3) is 0 Å². The average Bonchev–Trinajstić information content (AvgIpc) is 3.01. The molecular formula is C21H30N4OS. The second kappa shape index (κ2) is 8.05. The van der Waals surface area contributed by atoms with E-state index in [2.05, 4.69) is 55.2 Å². The Kier molecular flexibility index (Phi) is 5.94. The zero-order valence-electron chi connectivity index (χ0n) is 17.0. The number of aromatic nitrogens is 3. The van der Waals surface area contributed by atoms with E-state index in [1.807, 2.05) is 23.4 Å². The first-order chi connectivity index (χ1) is 12.8. The van der Waals surface area contributed by atoms with E-state index in [9.17, 15) is 4.79 Å². The number of rotatable bonds is 4. The molecule has 0 unspecified atom stereocenters. The molecule has 3 rings (SSSR count). The van der Waals surface area contributed by atoms with Crippen LogP contribution in [0.4, 0.5) is 0 Å². The van der Waals surface area contributed by atoms with Gasteiger partial charge in [-0.1, -0.05) is 56.8 Å². The van der Waals surface area contributed by atoms with E-state index in [-0.39, 0.29) is 16.6 Å². The zero-order chi connectivity index (χ0) is 19.6. The van der Waals surface area contributed by atoms with Crippen molar-refractivity contribution in [2.24, 2.45) is 7.05 Å². The fourth-order valence-corrected chi connectivity index (χ4v) is 4.27. The first-order valence-corrected chi connectivity index (χ1v) is 10.6. The van der Waals surface area contributed by atoms with Gasteiger partial charge in [0.2, 0.25) is 5.91 Å². The quantitative estimate of drug-likeness (QED) is 0.736. The number of nitrogens with zero attached hydrogens (tertiary/aromatic N) is 4. The lowest BCUT2D eigenvalue weighted by atomic mass is 9.87. The van der Waals surface area contributed by atoms with E-state index in [1.165, 1.54) is 23.7 Å². The molecule has 1 amide bonds. The van der Waals surface area contributed by atoms with Crippen molar-refractivity contribution >= 4 is 17.7 Å². The van der Waals surface area contributed by atoms with Crippen LogP contribution in [0, 0.1) is 0 Å². The Morgan fingerprint density at radius 2 is 1.70 bits per heavy atom. The summed E-state index contributed by atoms with van der Waals surface area (Å²) >= 11 is 1.49. The molecule has 1 saturated heterocycles. The number of likely N-dealkylation sites (tertiary alicyclic amines) is 1. The number of thioether (sulfide) groups is 1. The molecule has 2 heterocycles. The summed E-state index contributed by atoms with van der Waals surface area (Å²) in [6, 6.07) is 8.50. The minimum absolute atomic E-state index is 0.129. The number of hydrogen-bond acceptors (Lipinski definition) is 4. The summed E-state index contributed by atoms with van der Waals surface area (Å²) in [6.45, 7) is 10.4. The second-order valence-corrected chi connectivity index (χ2v) is 9.65. The number of piperidine rings is 1. The van der Waals surface area contributed by atoms with E-state index < -0.39 is 0 Å². The maximum Gasteiger partial charge on any atom is 0.235 e. The summed E-state index contributed by atoms with van der Waals surface area (Å²) in [5.41, 5.74) is 2.47. The standard InChI is InChI=1S/C21H30N4OS/c1-15(19(26)25-13-7-6-8-14-25)27-20-23-22-18(24(20)5)16-9-11-17(12-10-16)21(2,3)4/h9-12,15H,6-8,13-14H2,1-5H3/t15-/m0/s1. The first kappa shape index (κ1) is 19.9. The summed E-state index contributed by atoms with van der Waals surface area (Å²) in [7, 11) is 1.97. The number of amides is 1. The van der Waals surface area contributed by atoms with E-state index >= 15 is 0 Å². The lowest BCUT2D eigenvalue weighted by Gasteiger charge is -2.28. The monoisotopic (exact) mass is 386 g/mol. The Bertz CT molecular complexity index is 786. The third-order valence-electron chi connectivity index (χ3n) is 5.14. The van der Waals surface area contributed by atoms with Gasteiger partial charge in [0.15, 0.2) is 11.0 Å². The van der Waals surface area contributed by atoms with Crippen LogP contribution in [0.3, 0.4) is 0 Å². The van der Waals surface area contributed by atoms with Gasteiger partial charge < -0.3 is 9.47 Å². The van der Waals surface area contributed by atoms with Crippen LogP contribution < -0.4 is 0 Å². The van der Waals surface area contributed by atoms with Gasteiger partial charge in [0.05, 0.1) is 5.25 Å². The predicted octanol–water partition coefficient (Wildman–Crippen LogP) is 4.27. The van der Waals surface area contributed by atoms with Crippen molar-refractivity contribution in [3.63, 3.8) is 0 Å². The van der Waals surface area contributed by atoms with Crippen LogP contribution in [-0.4, -0.2) is 43.9 Å². The highest BCUT2D eigenvalue weighted by atomic mass is 32.2. The van der Waals surface area contributed by atoms with Crippen LogP contribution in [0.15, 0.2) is 29.4 Å². The summed E-state index contributed by atoms with van der Waals surface area (Å²) < 4.78 is 1.98. The molecule has 1 aliphatic heterocycles. The summed E-state index contributed by atoms with van der Waals surface area (Å²) in [5, 5.41) is 9.34. The van der Waals surface area contributed by atoms with Gasteiger partial charge in [-0.3, -0.25) is 4.79 Å². The van der Waals surface area contributed by atoms with Crippen molar-refractivity contribution in [2.75, 3.05) is 13.1 Å². The van der Waals surface area contributed by atoms with Gasteiger partial charge >= 0.3 is 0 Å². The van der Waals surface area contributed by atoms with Crippen molar-refractivity contribution < 1.29 is 4.79 Å². The van der Waals surface area contributed by atoms with Gasteiger partial charge in [0.1, 0.15) is 0 Å². The van der Waals surface area contributed by atoms with E-state index in [0.29, 0.717) is 0 Å². The second-order valence-electron chi connectivity index (χ2n) is 8.34. The molecule has 0 bridgehead atoms. The third-order valence-corrected chi connectivity index (χ3v) is 6.26. The molecule has 5 nitrogen and oxygen atoms in total. The smallest absolute Gasteiger partial charge is 0.235 e. The molecule has 2 aromatic rings. The Morgan fingerprint density at radius 3 is 2.30 bits per heavy atom. The summed E-state index contributed by atoms with van der Waals surface area (Å²) in [4.78, 5) is 14.7. The van der Waals surface area contributed by atoms with Crippen molar-refractivity contribution in [1.82, 2.24) is 19.7 Å². The number of carbonyl (C=O) groups is 1. The van der Waals surface area contributed by atoms with Crippen LogP contribution >= 0.6 is 11.8 Å². The Balaban J connectivity index is 1.72. The summed E-state index contributed by atoms with van der Waals surface area (Å²) in [6.07, 6.45) is 3.45. The van der Waals surface area contributed by atoms with Crippen molar-refractivity contribution in [3.8, 4) is 11.4 Å². The molecule has 1 aliphatic rings. The third kappa shape index (κ3) is 4.54. The van der Waals surface area contributed by atoms with Crippen LogP contribution in [0.25, 0.3) is 11.4 Å². The molecule has 146 valence electrons. The van der Waals surface area contributed by atoms with Crippen LogP contribution in [0.5, 0.6) is 0 Å². The number of hydrogen-bond donors (Lipinski definition) is 0. The number of carbonyl (C=O) groups excluding carboxylic acids is 1. The van der Waals surface area contributed by atoms with Crippen LogP contribution in [0.2, 0.25) is 0 Å². The van der Waals surface area contributed by atoms with Crippen molar-refractivity contribution in [3.05, 3.63) is 29.8 Å². The minimum Gasteiger partial charge on any atom is -0.342 e. The van der Waals surface area contributed by atoms with Crippen LogP contribution in [-0.2, 0) is 17.3 Å². The molecule has 0 spiro atoms. The largest absolute Gasteiger partial charge is 0.342 e. The molecule has 6 heteroatoms. The maximum atomic E-state index is 12.7. The lowest BCUT2D eigenvalue weighted by Crippen LogP contribution is -2.40. The fourth-order valence-electron chi connectivity index (χ4n) is 3.37. The average molecular weight is 387 g/mol. The normalized spacial score (nSPS) is 16.4. The van der Waals surface area contributed by atoms with Gasteiger partial charge in [0, 0.05) is 25.7 Å². The molecule has 1 aromatic heterocycles. The molecule has 1 aromatic carbocycles. The van der Waals surface area contributed by atoms with Crippen molar-refractivity contribution in [1.29, 1.82) is 0 Å². The van der Waals surface area contributed by atoms with Gasteiger partial charge in [-0.25, -0.2) is 0 Å². The molecule has 0 saturated carbocycles. The molecule has 27 heavy (non-hydrogen) atoms. The highest BCUT2D eigenvalue weighted by Crippen LogP contribution is 2.29. The molecule has 1 fully saturated rings. The molecule has 0 aliphatic carbocycles. The number of benzene rings is 1. The zero-order valence-corrected chi connectivity index (χ0v) is 17.8. The van der Waals surface area contributed by atoms with E-state index in [4.69, 9.17) is 0 Å². The summed E-state index contributed by atoms with van der Waals surface area (Å²) in [5.74, 6) is 1.04. The Morgan fingerprint density at radius 1 is 1.07 bits per heavy atom. The first-order valence-electron chi connectivity index (χ1n) is 9.73.